The molecule has 0 unspecified atom stereocenters. The van der Waals surface area contributed by atoms with Crippen molar-refractivity contribution < 1.29 is 24.4 Å². The van der Waals surface area contributed by atoms with E-state index in [0.29, 0.717) is 0 Å². The molecule has 0 aromatic heterocycles. The number of nitro groups is 1. The minimum absolute atomic E-state index is 0.0407. The lowest BCUT2D eigenvalue weighted by atomic mass is 9.55. The molecule has 0 saturated carbocycles. The van der Waals surface area contributed by atoms with Crippen molar-refractivity contribution in [1.82, 2.24) is 5.01 Å². The van der Waals surface area contributed by atoms with Gasteiger partial charge in [0.1, 0.15) is 5.75 Å². The van der Waals surface area contributed by atoms with Crippen LogP contribution < -0.4 is 4.74 Å². The third-order valence-corrected chi connectivity index (χ3v) is 7.26. The molecule has 0 radical (unpaired) electrons. The van der Waals surface area contributed by atoms with Crippen molar-refractivity contribution in [3.63, 3.8) is 0 Å². The fourth-order valence-corrected chi connectivity index (χ4v) is 5.87. The summed E-state index contributed by atoms with van der Waals surface area (Å²) in [5, 5.41) is 26.6. The van der Waals surface area contributed by atoms with Gasteiger partial charge in [0.05, 0.1) is 36.1 Å². The van der Waals surface area contributed by atoms with Gasteiger partial charge in [-0.2, -0.15) is 10.1 Å². The summed E-state index contributed by atoms with van der Waals surface area (Å²) in [6.07, 6.45) is 1.08. The Morgan fingerprint density at radius 1 is 0.943 bits per heavy atom. The average molecular weight is 469 g/mol. The second kappa shape index (κ2) is 7.49. The van der Waals surface area contributed by atoms with Gasteiger partial charge in [-0.05, 0) is 28.3 Å². The molecule has 1 fully saturated rings. The van der Waals surface area contributed by atoms with Gasteiger partial charge in [-0.1, -0.05) is 48.5 Å². The summed E-state index contributed by atoms with van der Waals surface area (Å²) < 4.78 is 5.08. The van der Waals surface area contributed by atoms with Gasteiger partial charge < -0.3 is 9.84 Å². The van der Waals surface area contributed by atoms with Gasteiger partial charge in [0.25, 0.3) is 11.8 Å². The molecule has 7 rings (SSSR count). The number of imide groups is 1. The Morgan fingerprint density at radius 3 is 1.86 bits per heavy atom. The van der Waals surface area contributed by atoms with E-state index < -0.39 is 40.0 Å². The minimum atomic E-state index is -0.748. The molecule has 1 N–H and O–H groups in total. The summed E-state index contributed by atoms with van der Waals surface area (Å²) in [7, 11) is 1.33. The van der Waals surface area contributed by atoms with E-state index in [2.05, 4.69) is 5.10 Å². The number of phenolic OH excluding ortho intramolecular Hbond substituents is 1. The van der Waals surface area contributed by atoms with Gasteiger partial charge in [0.2, 0.25) is 5.75 Å². The molecular weight excluding hydrogens is 450 g/mol. The van der Waals surface area contributed by atoms with Crippen LogP contribution in [0.1, 0.15) is 39.7 Å². The highest BCUT2D eigenvalue weighted by molar-refractivity contribution is 6.08. The molecule has 174 valence electrons. The first kappa shape index (κ1) is 21.0. The van der Waals surface area contributed by atoms with Crippen molar-refractivity contribution in [2.75, 3.05) is 7.11 Å². The van der Waals surface area contributed by atoms with Crippen LogP contribution in [-0.2, 0) is 9.59 Å². The van der Waals surface area contributed by atoms with Crippen LogP contribution in [0.3, 0.4) is 0 Å². The van der Waals surface area contributed by atoms with Gasteiger partial charge >= 0.3 is 5.69 Å². The third-order valence-electron chi connectivity index (χ3n) is 7.26. The maximum Gasteiger partial charge on any atom is 0.315 e. The second-order valence-electron chi connectivity index (χ2n) is 8.84. The molecule has 1 heterocycles. The Hall–Kier alpha value is -4.53. The molecule has 2 amide bonds. The number of methoxy groups -OCH3 is 1. The Morgan fingerprint density at radius 2 is 1.43 bits per heavy atom. The first-order valence-electron chi connectivity index (χ1n) is 11.1. The number of aromatic hydroxyl groups is 1. The highest BCUT2D eigenvalue weighted by atomic mass is 16.6. The molecular formula is C26H19N3O6. The number of nitrogens with zero attached hydrogens (tertiary/aromatic N) is 3. The summed E-state index contributed by atoms with van der Waals surface area (Å²) in [4.78, 5) is 37.7. The quantitative estimate of drug-likeness (QED) is 0.270. The van der Waals surface area contributed by atoms with Gasteiger partial charge in [-0.25, -0.2) is 0 Å². The smallest absolute Gasteiger partial charge is 0.315 e. The number of carbonyl (C=O) groups excluding carboxylic acids is 2. The Kier molecular flexibility index (Phi) is 4.50. The lowest BCUT2D eigenvalue weighted by Gasteiger charge is -2.45. The van der Waals surface area contributed by atoms with Crippen molar-refractivity contribution in [2.45, 2.75) is 11.8 Å². The molecule has 4 aliphatic rings. The number of hydrazone groups is 1. The van der Waals surface area contributed by atoms with Crippen molar-refractivity contribution in [3.8, 4) is 11.5 Å². The summed E-state index contributed by atoms with van der Waals surface area (Å²) in [6.45, 7) is 0. The summed E-state index contributed by atoms with van der Waals surface area (Å²) in [5.74, 6) is -3.06. The van der Waals surface area contributed by atoms with Gasteiger partial charge in [0, 0.05) is 17.4 Å². The zero-order valence-corrected chi connectivity index (χ0v) is 18.5. The molecule has 9 heteroatoms. The highest BCUT2D eigenvalue weighted by Gasteiger charge is 2.61. The van der Waals surface area contributed by atoms with E-state index in [4.69, 9.17) is 4.74 Å². The topological polar surface area (TPSA) is 122 Å². The largest absolute Gasteiger partial charge is 0.502 e. The van der Waals surface area contributed by atoms with E-state index in [1.165, 1.54) is 13.2 Å². The molecule has 2 atom stereocenters. The Balaban J connectivity index is 1.43. The van der Waals surface area contributed by atoms with Crippen molar-refractivity contribution >= 4 is 23.7 Å². The maximum absolute atomic E-state index is 13.6. The molecule has 0 spiro atoms. The number of hydrogen-bond donors (Lipinski definition) is 1. The van der Waals surface area contributed by atoms with E-state index >= 15 is 0 Å². The van der Waals surface area contributed by atoms with Gasteiger partial charge in [-0.15, -0.1) is 0 Å². The molecule has 35 heavy (non-hydrogen) atoms. The van der Waals surface area contributed by atoms with Crippen LogP contribution in [0.25, 0.3) is 0 Å². The molecule has 3 aromatic carbocycles. The van der Waals surface area contributed by atoms with Crippen LogP contribution in [0, 0.1) is 22.0 Å². The molecule has 3 aliphatic carbocycles. The summed E-state index contributed by atoms with van der Waals surface area (Å²) in [6, 6.07) is 18.2. The highest BCUT2D eigenvalue weighted by Crippen LogP contribution is 2.61. The lowest BCUT2D eigenvalue weighted by Crippen LogP contribution is -2.41. The average Bonchev–Trinajstić information content (AvgIpc) is 3.13. The molecule has 1 aliphatic heterocycles. The fraction of sp³-hybridized carbons (Fsp3) is 0.192. The number of phenols is 1. The first-order chi connectivity index (χ1) is 16.9. The van der Waals surface area contributed by atoms with E-state index in [1.54, 1.807) is 0 Å². The van der Waals surface area contributed by atoms with Crippen LogP contribution in [0.15, 0.2) is 65.8 Å². The first-order valence-corrected chi connectivity index (χ1v) is 11.1. The predicted octanol–water partition coefficient (Wildman–Crippen LogP) is 3.54. The molecule has 2 bridgehead atoms. The van der Waals surface area contributed by atoms with Crippen LogP contribution in [0.2, 0.25) is 0 Å². The van der Waals surface area contributed by atoms with E-state index in [1.807, 2.05) is 48.5 Å². The van der Waals surface area contributed by atoms with Gasteiger partial charge in [-0.3, -0.25) is 19.7 Å². The molecule has 1 saturated heterocycles. The number of amides is 2. The number of hydrogen-bond acceptors (Lipinski definition) is 7. The number of benzene rings is 3. The van der Waals surface area contributed by atoms with E-state index in [9.17, 15) is 24.8 Å². The Labute approximate surface area is 199 Å². The monoisotopic (exact) mass is 469 g/mol. The van der Waals surface area contributed by atoms with E-state index in [0.717, 1.165) is 39.5 Å². The zero-order chi connectivity index (χ0) is 24.4. The van der Waals surface area contributed by atoms with Crippen LogP contribution in [-0.4, -0.2) is 40.2 Å². The van der Waals surface area contributed by atoms with Crippen LogP contribution in [0.5, 0.6) is 11.5 Å². The lowest BCUT2D eigenvalue weighted by molar-refractivity contribution is -0.385. The normalized spacial score (nSPS) is 23.9. The van der Waals surface area contributed by atoms with Crippen LogP contribution in [0.4, 0.5) is 5.69 Å². The fourth-order valence-electron chi connectivity index (χ4n) is 5.87. The standard InChI is InChI=1S/C26H19N3O6/c1-35-14-10-13(24(30)19(11-14)29(33)34)12-27-28-25(31)22-20-15-6-2-3-7-16(15)21(23(22)26(28)32)18-9-5-4-8-17(18)20/h2-12,20-23,30H,1H3/b27-12-/t20?,21?,22-,23-/m0/s1. The molecule has 3 aromatic rings. The van der Waals surface area contributed by atoms with Crippen molar-refractivity contribution in [3.05, 3.63) is 98.6 Å². The number of carbonyl (C=O) groups is 2. The maximum atomic E-state index is 13.6. The van der Waals surface area contributed by atoms with Gasteiger partial charge in [0.15, 0.2) is 0 Å². The van der Waals surface area contributed by atoms with E-state index in [-0.39, 0.29) is 23.1 Å². The second-order valence-corrected chi connectivity index (χ2v) is 8.84. The van der Waals surface area contributed by atoms with Crippen molar-refractivity contribution in [2.24, 2.45) is 16.9 Å². The molecule has 9 nitrogen and oxygen atoms in total. The predicted molar refractivity (Wildman–Crippen MR) is 124 cm³/mol. The summed E-state index contributed by atoms with van der Waals surface area (Å²) in [5.41, 5.74) is 3.58. The SMILES string of the molecule is COc1cc(/C=N\N2C(=O)[C@H]3C4c5ccccc5C(c5ccccc54)[C@@H]3C2=O)c(O)c([N+](=O)[O-])c1. The number of rotatable bonds is 4. The number of nitro benzene ring substituents is 1. The van der Waals surface area contributed by atoms with Crippen molar-refractivity contribution in [1.29, 1.82) is 0 Å². The zero-order valence-electron chi connectivity index (χ0n) is 18.5. The third kappa shape index (κ3) is 2.84. The Bertz CT molecular complexity index is 1350. The summed E-state index contributed by atoms with van der Waals surface area (Å²) >= 11 is 0. The minimum Gasteiger partial charge on any atom is -0.502 e. The van der Waals surface area contributed by atoms with Crippen LogP contribution >= 0.6 is 0 Å². The number of ether oxygens (including phenoxy) is 1.